The lowest BCUT2D eigenvalue weighted by Gasteiger charge is -2.37. The minimum atomic E-state index is -0.515. The first-order valence-corrected chi connectivity index (χ1v) is 8.31. The molecule has 0 radical (unpaired) electrons. The number of piperazine rings is 1. The largest absolute Gasteiger partial charge is 0.444 e. The molecule has 0 bridgehead atoms. The molecule has 1 fully saturated rings. The summed E-state index contributed by atoms with van der Waals surface area (Å²) in [6.45, 7) is 7.84. The van der Waals surface area contributed by atoms with E-state index in [0.29, 0.717) is 26.2 Å². The number of alkyl halides is 1. The van der Waals surface area contributed by atoms with Crippen molar-refractivity contribution in [3.63, 3.8) is 0 Å². The van der Waals surface area contributed by atoms with Gasteiger partial charge in [0, 0.05) is 49.9 Å². The molecule has 1 amide bonds. The van der Waals surface area contributed by atoms with Gasteiger partial charge in [-0.2, -0.15) is 0 Å². The van der Waals surface area contributed by atoms with Crippen LogP contribution in [0.3, 0.4) is 0 Å². The number of halogens is 1. The number of carbonyl (C=O) groups is 1. The molecule has 1 aliphatic rings. The standard InChI is InChI=1S/C16H22ClN3O4/c1-16(2,3)24-15(21)19-8-6-18(7-9-19)14-5-4-13(20(22)23)10-12(14)11-17/h4-5,10H,6-9,11H2,1-3H3. The fraction of sp³-hybridized carbons (Fsp3) is 0.562. The van der Waals surface area contributed by atoms with E-state index >= 15 is 0 Å². The molecule has 0 N–H and O–H groups in total. The number of rotatable bonds is 3. The van der Waals surface area contributed by atoms with Gasteiger partial charge in [0.15, 0.2) is 0 Å². The number of hydrogen-bond acceptors (Lipinski definition) is 5. The van der Waals surface area contributed by atoms with Crippen molar-refractivity contribution >= 4 is 29.1 Å². The topological polar surface area (TPSA) is 75.9 Å². The third kappa shape index (κ3) is 4.50. The maximum absolute atomic E-state index is 12.1. The highest BCUT2D eigenvalue weighted by Gasteiger charge is 2.27. The van der Waals surface area contributed by atoms with E-state index in [4.69, 9.17) is 16.3 Å². The molecule has 24 heavy (non-hydrogen) atoms. The molecule has 0 aliphatic carbocycles. The van der Waals surface area contributed by atoms with Gasteiger partial charge in [0.2, 0.25) is 0 Å². The van der Waals surface area contributed by atoms with Crippen molar-refractivity contribution in [3.8, 4) is 0 Å². The summed E-state index contributed by atoms with van der Waals surface area (Å²) in [4.78, 5) is 26.3. The lowest BCUT2D eigenvalue weighted by molar-refractivity contribution is -0.384. The van der Waals surface area contributed by atoms with E-state index < -0.39 is 10.5 Å². The average molecular weight is 356 g/mol. The fourth-order valence-electron chi connectivity index (χ4n) is 2.56. The lowest BCUT2D eigenvalue weighted by atomic mass is 10.1. The van der Waals surface area contributed by atoms with E-state index in [1.165, 1.54) is 12.1 Å². The van der Waals surface area contributed by atoms with Gasteiger partial charge < -0.3 is 14.5 Å². The van der Waals surface area contributed by atoms with Crippen LogP contribution in [0.1, 0.15) is 26.3 Å². The second-order valence-corrected chi connectivity index (χ2v) is 6.93. The molecular weight excluding hydrogens is 334 g/mol. The van der Waals surface area contributed by atoms with Crippen molar-refractivity contribution in [2.24, 2.45) is 0 Å². The van der Waals surface area contributed by atoms with Gasteiger partial charge in [-0.15, -0.1) is 11.6 Å². The summed E-state index contributed by atoms with van der Waals surface area (Å²) in [6, 6.07) is 4.70. The zero-order valence-electron chi connectivity index (χ0n) is 14.1. The summed E-state index contributed by atoms with van der Waals surface area (Å²) in [5.74, 6) is 0.198. The van der Waals surface area contributed by atoms with Gasteiger partial charge in [-0.1, -0.05) is 0 Å². The second kappa shape index (κ2) is 7.25. The minimum Gasteiger partial charge on any atom is -0.444 e. The molecule has 0 aromatic heterocycles. The molecule has 8 heteroatoms. The molecule has 1 aromatic carbocycles. The quantitative estimate of drug-likeness (QED) is 0.472. The molecule has 1 heterocycles. The molecule has 0 saturated carbocycles. The SMILES string of the molecule is CC(C)(C)OC(=O)N1CCN(c2ccc([N+](=O)[O-])cc2CCl)CC1. The summed E-state index contributed by atoms with van der Waals surface area (Å²) in [5.41, 5.74) is 1.11. The summed E-state index contributed by atoms with van der Waals surface area (Å²) in [5, 5.41) is 10.9. The van der Waals surface area contributed by atoms with Crippen LogP contribution in [0.25, 0.3) is 0 Å². The van der Waals surface area contributed by atoms with Gasteiger partial charge >= 0.3 is 6.09 Å². The number of nitro benzene ring substituents is 1. The molecule has 7 nitrogen and oxygen atoms in total. The van der Waals surface area contributed by atoms with Crippen molar-refractivity contribution < 1.29 is 14.5 Å². The number of carbonyl (C=O) groups excluding carboxylic acids is 1. The monoisotopic (exact) mass is 355 g/mol. The van der Waals surface area contributed by atoms with Gasteiger partial charge in [0.05, 0.1) is 4.92 Å². The van der Waals surface area contributed by atoms with Gasteiger partial charge in [-0.25, -0.2) is 4.79 Å². The highest BCUT2D eigenvalue weighted by Crippen LogP contribution is 2.28. The number of benzene rings is 1. The molecule has 1 aliphatic heterocycles. The summed E-state index contributed by atoms with van der Waals surface area (Å²) < 4.78 is 5.38. The van der Waals surface area contributed by atoms with Gasteiger partial charge in [-0.3, -0.25) is 10.1 Å². The number of hydrogen-bond donors (Lipinski definition) is 0. The predicted molar refractivity (Wildman–Crippen MR) is 92.7 cm³/mol. The molecule has 0 atom stereocenters. The smallest absolute Gasteiger partial charge is 0.410 e. The third-order valence-corrected chi connectivity index (χ3v) is 3.98. The van der Waals surface area contributed by atoms with Crippen molar-refractivity contribution in [1.82, 2.24) is 4.90 Å². The number of ether oxygens (including phenoxy) is 1. The number of nitro groups is 1. The van der Waals surface area contributed by atoms with Crippen molar-refractivity contribution in [3.05, 3.63) is 33.9 Å². The highest BCUT2D eigenvalue weighted by atomic mass is 35.5. The molecule has 0 unspecified atom stereocenters. The first-order chi connectivity index (χ1) is 11.2. The zero-order chi connectivity index (χ0) is 17.9. The van der Waals surface area contributed by atoms with Crippen LogP contribution in [0.4, 0.5) is 16.2 Å². The Labute approximate surface area is 146 Å². The Bertz CT molecular complexity index is 622. The first kappa shape index (κ1) is 18.3. The second-order valence-electron chi connectivity index (χ2n) is 6.66. The van der Waals surface area contributed by atoms with Crippen LogP contribution in [-0.4, -0.2) is 47.7 Å². The first-order valence-electron chi connectivity index (χ1n) is 7.77. The van der Waals surface area contributed by atoms with E-state index in [9.17, 15) is 14.9 Å². The van der Waals surface area contributed by atoms with Crippen molar-refractivity contribution in [2.75, 3.05) is 31.1 Å². The zero-order valence-corrected chi connectivity index (χ0v) is 14.9. The normalized spacial score (nSPS) is 15.3. The Morgan fingerprint density at radius 3 is 2.42 bits per heavy atom. The van der Waals surface area contributed by atoms with E-state index in [0.717, 1.165) is 11.3 Å². The van der Waals surface area contributed by atoms with Crippen LogP contribution in [-0.2, 0) is 10.6 Å². The Hall–Kier alpha value is -2.02. The lowest BCUT2D eigenvalue weighted by Crippen LogP contribution is -2.50. The van der Waals surface area contributed by atoms with Gasteiger partial charge in [-0.05, 0) is 32.4 Å². The number of non-ortho nitro benzene ring substituents is 1. The number of nitrogens with zero attached hydrogens (tertiary/aromatic N) is 3. The van der Waals surface area contributed by atoms with Crippen LogP contribution >= 0.6 is 11.6 Å². The van der Waals surface area contributed by atoms with E-state index in [2.05, 4.69) is 4.90 Å². The van der Waals surface area contributed by atoms with Crippen LogP contribution in [0, 0.1) is 10.1 Å². The van der Waals surface area contributed by atoms with Crippen LogP contribution < -0.4 is 4.90 Å². The van der Waals surface area contributed by atoms with Gasteiger partial charge in [0.25, 0.3) is 5.69 Å². The summed E-state index contributed by atoms with van der Waals surface area (Å²) >= 11 is 5.95. The molecule has 0 spiro atoms. The Balaban J connectivity index is 2.04. The predicted octanol–water partition coefficient (Wildman–Crippen LogP) is 3.39. The minimum absolute atomic E-state index is 0.0294. The fourth-order valence-corrected chi connectivity index (χ4v) is 2.77. The van der Waals surface area contributed by atoms with Crippen LogP contribution in [0.2, 0.25) is 0 Å². The molecule has 132 valence electrons. The number of anilines is 1. The molecule has 1 aromatic rings. The van der Waals surface area contributed by atoms with Crippen LogP contribution in [0.15, 0.2) is 18.2 Å². The molecule has 2 rings (SSSR count). The third-order valence-electron chi connectivity index (χ3n) is 3.69. The Morgan fingerprint density at radius 1 is 1.29 bits per heavy atom. The van der Waals surface area contributed by atoms with E-state index in [-0.39, 0.29) is 17.7 Å². The Morgan fingerprint density at radius 2 is 1.92 bits per heavy atom. The van der Waals surface area contributed by atoms with Gasteiger partial charge in [0.1, 0.15) is 5.60 Å². The summed E-state index contributed by atoms with van der Waals surface area (Å²) in [6.07, 6.45) is -0.316. The maximum atomic E-state index is 12.1. The summed E-state index contributed by atoms with van der Waals surface area (Å²) in [7, 11) is 0. The Kier molecular flexibility index (Phi) is 5.54. The van der Waals surface area contributed by atoms with Crippen LogP contribution in [0.5, 0.6) is 0 Å². The highest BCUT2D eigenvalue weighted by molar-refractivity contribution is 6.17. The molecular formula is C16H22ClN3O4. The van der Waals surface area contributed by atoms with Crippen molar-refractivity contribution in [2.45, 2.75) is 32.3 Å². The molecule has 1 saturated heterocycles. The van der Waals surface area contributed by atoms with E-state index in [1.807, 2.05) is 20.8 Å². The maximum Gasteiger partial charge on any atom is 0.410 e. The van der Waals surface area contributed by atoms with Crippen molar-refractivity contribution in [1.29, 1.82) is 0 Å². The van der Waals surface area contributed by atoms with E-state index in [1.54, 1.807) is 11.0 Å². The number of amides is 1. The average Bonchev–Trinajstić information content (AvgIpc) is 2.52.